The zero-order valence-electron chi connectivity index (χ0n) is 16.2. The summed E-state index contributed by atoms with van der Waals surface area (Å²) < 4.78 is 8.92. The van der Waals surface area contributed by atoms with Crippen LogP contribution in [0.5, 0.6) is 5.75 Å². The lowest BCUT2D eigenvalue weighted by Gasteiger charge is -2.18. The lowest BCUT2D eigenvalue weighted by atomic mass is 10.1. The van der Waals surface area contributed by atoms with Crippen molar-refractivity contribution in [2.24, 2.45) is 7.05 Å². The fraction of sp³-hybridized carbons (Fsp3) is 0.136. The van der Waals surface area contributed by atoms with Crippen LogP contribution in [0.25, 0.3) is 5.69 Å². The van der Waals surface area contributed by atoms with Gasteiger partial charge < -0.3 is 14.6 Å². The predicted molar refractivity (Wildman–Crippen MR) is 109 cm³/mol. The zero-order valence-corrected chi connectivity index (χ0v) is 16.2. The molecule has 1 unspecified atom stereocenters. The molecule has 2 aromatic carbocycles. The van der Waals surface area contributed by atoms with Crippen LogP contribution in [0.3, 0.4) is 0 Å². The summed E-state index contributed by atoms with van der Waals surface area (Å²) in [6.07, 6.45) is 5.26. The highest BCUT2D eigenvalue weighted by molar-refractivity contribution is 5.95. The molecule has 4 rings (SSSR count). The summed E-state index contributed by atoms with van der Waals surface area (Å²) in [6, 6.07) is 18.9. The van der Waals surface area contributed by atoms with E-state index in [9.17, 15) is 4.79 Å². The summed E-state index contributed by atoms with van der Waals surface area (Å²) in [7, 11) is 3.42. The minimum absolute atomic E-state index is 0.214. The highest BCUT2D eigenvalue weighted by Gasteiger charge is 2.25. The molecule has 29 heavy (non-hydrogen) atoms. The van der Waals surface area contributed by atoms with Gasteiger partial charge in [-0.25, -0.2) is 9.67 Å². The number of carbonyl (C=O) groups excluding carboxylic acids is 1. The Morgan fingerprint density at radius 3 is 2.38 bits per heavy atom. The first kappa shape index (κ1) is 18.5. The number of nitrogens with zero attached hydrogens (tertiary/aromatic N) is 4. The summed E-state index contributed by atoms with van der Waals surface area (Å²) in [5.41, 5.74) is 1.98. The third-order valence-electron chi connectivity index (χ3n) is 4.66. The molecular formula is C22H21N5O2. The van der Waals surface area contributed by atoms with Gasteiger partial charge in [0.05, 0.1) is 19.0 Å². The van der Waals surface area contributed by atoms with Gasteiger partial charge in [0, 0.05) is 19.4 Å². The SMILES string of the molecule is COc1cn(-c2ccccc2)nc1C(=O)NC(c1ccccc1)c1nccn1C. The number of hydrogen-bond acceptors (Lipinski definition) is 4. The van der Waals surface area contributed by atoms with E-state index >= 15 is 0 Å². The van der Waals surface area contributed by atoms with Gasteiger partial charge >= 0.3 is 0 Å². The number of rotatable bonds is 6. The van der Waals surface area contributed by atoms with Crippen molar-refractivity contribution >= 4 is 5.91 Å². The molecule has 0 radical (unpaired) electrons. The monoisotopic (exact) mass is 387 g/mol. The molecule has 0 fully saturated rings. The molecule has 1 N–H and O–H groups in total. The average molecular weight is 387 g/mol. The minimum atomic E-state index is -0.421. The van der Waals surface area contributed by atoms with Gasteiger partial charge in [-0.15, -0.1) is 0 Å². The number of para-hydroxylation sites is 1. The molecule has 0 spiro atoms. The normalized spacial score (nSPS) is 11.8. The van der Waals surface area contributed by atoms with E-state index in [1.54, 1.807) is 17.1 Å². The Hall–Kier alpha value is -3.87. The second-order valence-corrected chi connectivity index (χ2v) is 6.54. The van der Waals surface area contributed by atoms with Crippen LogP contribution in [0.1, 0.15) is 27.9 Å². The Morgan fingerprint density at radius 1 is 1.07 bits per heavy atom. The second-order valence-electron chi connectivity index (χ2n) is 6.54. The van der Waals surface area contributed by atoms with Gasteiger partial charge in [-0.05, 0) is 17.7 Å². The van der Waals surface area contributed by atoms with Crippen molar-refractivity contribution in [1.29, 1.82) is 0 Å². The number of amides is 1. The van der Waals surface area contributed by atoms with Gasteiger partial charge in [-0.1, -0.05) is 48.5 Å². The number of imidazole rings is 1. The van der Waals surface area contributed by atoms with Crippen LogP contribution >= 0.6 is 0 Å². The summed E-state index contributed by atoms with van der Waals surface area (Å²) in [6.45, 7) is 0. The first-order valence-corrected chi connectivity index (χ1v) is 9.19. The molecule has 2 aromatic heterocycles. The molecule has 0 aliphatic heterocycles. The van der Waals surface area contributed by atoms with E-state index in [-0.39, 0.29) is 11.6 Å². The number of ether oxygens (including phenoxy) is 1. The van der Waals surface area contributed by atoms with Crippen molar-refractivity contribution < 1.29 is 9.53 Å². The summed E-state index contributed by atoms with van der Waals surface area (Å²) in [5, 5.41) is 7.51. The minimum Gasteiger partial charge on any atom is -0.493 e. The van der Waals surface area contributed by atoms with E-state index in [1.165, 1.54) is 7.11 Å². The smallest absolute Gasteiger partial charge is 0.276 e. The van der Waals surface area contributed by atoms with Crippen molar-refractivity contribution in [3.8, 4) is 11.4 Å². The van der Waals surface area contributed by atoms with Gasteiger partial charge in [0.1, 0.15) is 11.9 Å². The van der Waals surface area contributed by atoms with Gasteiger partial charge in [-0.3, -0.25) is 4.79 Å². The van der Waals surface area contributed by atoms with Crippen molar-refractivity contribution in [3.05, 3.63) is 96.3 Å². The average Bonchev–Trinajstić information content (AvgIpc) is 3.39. The molecule has 0 aliphatic rings. The maximum absolute atomic E-state index is 13.2. The molecule has 0 saturated carbocycles. The van der Waals surface area contributed by atoms with E-state index in [4.69, 9.17) is 4.74 Å². The van der Waals surface area contributed by atoms with Gasteiger partial charge in [-0.2, -0.15) is 5.10 Å². The molecule has 2 heterocycles. The van der Waals surface area contributed by atoms with Crippen LogP contribution in [0.4, 0.5) is 0 Å². The van der Waals surface area contributed by atoms with Crippen molar-refractivity contribution in [2.45, 2.75) is 6.04 Å². The highest BCUT2D eigenvalue weighted by Crippen LogP contribution is 2.24. The molecule has 0 bridgehead atoms. The fourth-order valence-electron chi connectivity index (χ4n) is 3.17. The maximum Gasteiger partial charge on any atom is 0.276 e. The summed E-state index contributed by atoms with van der Waals surface area (Å²) in [5.74, 6) is 0.789. The van der Waals surface area contributed by atoms with Crippen molar-refractivity contribution in [2.75, 3.05) is 7.11 Å². The predicted octanol–water partition coefficient (Wildman–Crippen LogP) is 3.13. The maximum atomic E-state index is 13.2. The van der Waals surface area contributed by atoms with E-state index in [1.807, 2.05) is 78.5 Å². The molecule has 1 amide bonds. The standard InChI is InChI=1S/C22H21N5O2/c1-26-14-13-23-21(26)19(16-9-5-3-6-10-16)24-22(28)20-18(29-2)15-27(25-20)17-11-7-4-8-12-17/h3-15,19H,1-2H3,(H,24,28). The largest absolute Gasteiger partial charge is 0.493 e. The van der Waals surface area contributed by atoms with Crippen LogP contribution in [0.2, 0.25) is 0 Å². The number of methoxy groups -OCH3 is 1. The van der Waals surface area contributed by atoms with Crippen LogP contribution in [-0.4, -0.2) is 32.3 Å². The second kappa shape index (κ2) is 8.02. The van der Waals surface area contributed by atoms with Crippen LogP contribution < -0.4 is 10.1 Å². The van der Waals surface area contributed by atoms with Crippen molar-refractivity contribution in [1.82, 2.24) is 24.6 Å². The number of hydrogen-bond donors (Lipinski definition) is 1. The fourth-order valence-corrected chi connectivity index (χ4v) is 3.17. The molecular weight excluding hydrogens is 366 g/mol. The van der Waals surface area contributed by atoms with E-state index < -0.39 is 6.04 Å². The molecule has 0 saturated heterocycles. The zero-order chi connectivity index (χ0) is 20.2. The molecule has 7 heteroatoms. The Balaban J connectivity index is 1.68. The number of benzene rings is 2. The Kier molecular flexibility index (Phi) is 5.11. The van der Waals surface area contributed by atoms with Crippen molar-refractivity contribution in [3.63, 3.8) is 0 Å². The number of carbonyl (C=O) groups is 1. The number of aryl methyl sites for hydroxylation is 1. The third-order valence-corrected chi connectivity index (χ3v) is 4.66. The van der Waals surface area contributed by atoms with Gasteiger partial charge in [0.25, 0.3) is 5.91 Å². The quantitative estimate of drug-likeness (QED) is 0.552. The first-order chi connectivity index (χ1) is 14.2. The molecule has 7 nitrogen and oxygen atoms in total. The van der Waals surface area contributed by atoms with Crippen LogP contribution in [-0.2, 0) is 7.05 Å². The lowest BCUT2D eigenvalue weighted by molar-refractivity contribution is 0.0932. The molecule has 4 aromatic rings. The first-order valence-electron chi connectivity index (χ1n) is 9.19. The molecule has 0 aliphatic carbocycles. The number of aromatic nitrogens is 4. The highest BCUT2D eigenvalue weighted by atomic mass is 16.5. The van der Waals surface area contributed by atoms with Gasteiger partial charge in [0.15, 0.2) is 11.4 Å². The topological polar surface area (TPSA) is 74.0 Å². The third kappa shape index (κ3) is 3.75. The Morgan fingerprint density at radius 2 is 1.76 bits per heavy atom. The van der Waals surface area contributed by atoms with Crippen LogP contribution in [0, 0.1) is 0 Å². The molecule has 146 valence electrons. The Bertz CT molecular complexity index is 1100. The Labute approximate surface area is 168 Å². The van der Waals surface area contributed by atoms with Gasteiger partial charge in [0.2, 0.25) is 0 Å². The van der Waals surface area contributed by atoms with E-state index in [0.29, 0.717) is 5.75 Å². The molecule has 1 atom stereocenters. The van der Waals surface area contributed by atoms with Crippen LogP contribution in [0.15, 0.2) is 79.3 Å². The lowest BCUT2D eigenvalue weighted by Crippen LogP contribution is -2.31. The summed E-state index contributed by atoms with van der Waals surface area (Å²) in [4.78, 5) is 17.6. The number of nitrogens with one attached hydrogen (secondary N) is 1. The summed E-state index contributed by atoms with van der Waals surface area (Å²) >= 11 is 0. The van der Waals surface area contributed by atoms with E-state index in [0.717, 1.165) is 17.1 Å². The van der Waals surface area contributed by atoms with E-state index in [2.05, 4.69) is 15.4 Å².